The molecule has 0 aliphatic heterocycles. The highest BCUT2D eigenvalue weighted by molar-refractivity contribution is 7.80. The summed E-state index contributed by atoms with van der Waals surface area (Å²) < 4.78 is 4.87. The van der Waals surface area contributed by atoms with Crippen molar-refractivity contribution in [1.29, 1.82) is 0 Å². The van der Waals surface area contributed by atoms with Gasteiger partial charge in [-0.05, 0) is 6.07 Å². The van der Waals surface area contributed by atoms with Crippen molar-refractivity contribution in [1.82, 2.24) is 4.98 Å². The third-order valence-electron chi connectivity index (χ3n) is 1.86. The molecule has 0 aliphatic rings. The second kappa shape index (κ2) is 5.19. The Labute approximate surface area is 88.0 Å². The zero-order chi connectivity index (χ0) is 10.6. The zero-order valence-electron chi connectivity index (χ0n) is 7.79. The number of aliphatic hydroxyl groups is 2. The summed E-state index contributed by atoms with van der Waals surface area (Å²) in [7, 11) is 1.51. The molecule has 1 aromatic heterocycles. The van der Waals surface area contributed by atoms with Crippen LogP contribution in [0.1, 0.15) is 11.7 Å². The molecule has 0 aromatic carbocycles. The van der Waals surface area contributed by atoms with Gasteiger partial charge in [-0.15, -0.1) is 0 Å². The van der Waals surface area contributed by atoms with E-state index in [-0.39, 0.29) is 5.75 Å². The maximum absolute atomic E-state index is 9.57. The summed E-state index contributed by atoms with van der Waals surface area (Å²) in [6.45, 7) is 0. The van der Waals surface area contributed by atoms with Crippen molar-refractivity contribution < 1.29 is 14.9 Å². The summed E-state index contributed by atoms with van der Waals surface area (Å²) in [6.07, 6.45) is -0.365. The van der Waals surface area contributed by atoms with E-state index in [1.54, 1.807) is 12.1 Å². The standard InChI is InChI=1S/C9H13NO3S/c1-13-8-3-2-6(4-10-8)9(12)7(11)5-14/h2-4,7,9,11-12,14H,5H2,1H3. The van der Waals surface area contributed by atoms with E-state index in [0.29, 0.717) is 11.4 Å². The molecule has 5 heteroatoms. The Hall–Kier alpha value is -0.780. The average Bonchev–Trinajstić information content (AvgIpc) is 2.27. The zero-order valence-corrected chi connectivity index (χ0v) is 8.69. The van der Waals surface area contributed by atoms with Gasteiger partial charge in [0, 0.05) is 23.6 Å². The average molecular weight is 215 g/mol. The number of aromatic nitrogens is 1. The SMILES string of the molecule is COc1ccc(C(O)C(O)CS)cn1. The molecule has 78 valence electrons. The molecule has 0 saturated heterocycles. The molecule has 2 N–H and O–H groups in total. The van der Waals surface area contributed by atoms with Crippen molar-refractivity contribution in [3.63, 3.8) is 0 Å². The van der Waals surface area contributed by atoms with Gasteiger partial charge in [0.15, 0.2) is 0 Å². The lowest BCUT2D eigenvalue weighted by atomic mass is 10.1. The fourth-order valence-electron chi connectivity index (χ4n) is 1.01. The normalized spacial score (nSPS) is 14.9. The van der Waals surface area contributed by atoms with Crippen LogP contribution < -0.4 is 4.74 Å². The first-order valence-corrected chi connectivity index (χ1v) is 4.79. The molecule has 1 heterocycles. The summed E-state index contributed by atoms with van der Waals surface area (Å²) in [5.74, 6) is 0.675. The summed E-state index contributed by atoms with van der Waals surface area (Å²) >= 11 is 3.89. The van der Waals surface area contributed by atoms with Gasteiger partial charge in [0.25, 0.3) is 0 Å². The Morgan fingerprint density at radius 2 is 2.21 bits per heavy atom. The minimum absolute atomic E-state index is 0.202. The first-order valence-electron chi connectivity index (χ1n) is 4.16. The van der Waals surface area contributed by atoms with Crippen LogP contribution in [0.3, 0.4) is 0 Å². The molecule has 0 fully saturated rings. The Balaban J connectivity index is 2.75. The Morgan fingerprint density at radius 1 is 1.50 bits per heavy atom. The van der Waals surface area contributed by atoms with Crippen LogP contribution in [-0.4, -0.2) is 34.2 Å². The van der Waals surface area contributed by atoms with Gasteiger partial charge in [0.2, 0.25) is 5.88 Å². The van der Waals surface area contributed by atoms with E-state index < -0.39 is 12.2 Å². The van der Waals surface area contributed by atoms with Gasteiger partial charge in [-0.2, -0.15) is 12.6 Å². The molecular formula is C9H13NO3S. The predicted octanol–water partition coefficient (Wildman–Crippen LogP) is 0.414. The van der Waals surface area contributed by atoms with Crippen molar-refractivity contribution >= 4 is 12.6 Å². The van der Waals surface area contributed by atoms with Crippen molar-refractivity contribution in [2.24, 2.45) is 0 Å². The maximum Gasteiger partial charge on any atom is 0.212 e. The monoisotopic (exact) mass is 215 g/mol. The van der Waals surface area contributed by atoms with E-state index in [0.717, 1.165) is 0 Å². The second-order valence-corrected chi connectivity index (χ2v) is 3.19. The molecule has 0 amide bonds. The van der Waals surface area contributed by atoms with Gasteiger partial charge in [0.1, 0.15) is 6.10 Å². The Morgan fingerprint density at radius 3 is 2.64 bits per heavy atom. The highest BCUT2D eigenvalue weighted by atomic mass is 32.1. The minimum Gasteiger partial charge on any atom is -0.481 e. The molecular weight excluding hydrogens is 202 g/mol. The van der Waals surface area contributed by atoms with Crippen molar-refractivity contribution in [3.05, 3.63) is 23.9 Å². The summed E-state index contributed by atoms with van der Waals surface area (Å²) in [4.78, 5) is 3.92. The number of rotatable bonds is 4. The van der Waals surface area contributed by atoms with Gasteiger partial charge in [-0.3, -0.25) is 0 Å². The summed E-state index contributed by atoms with van der Waals surface area (Å²) in [5.41, 5.74) is 0.548. The number of hydrogen-bond donors (Lipinski definition) is 3. The van der Waals surface area contributed by atoms with Crippen molar-refractivity contribution in [3.8, 4) is 5.88 Å². The molecule has 1 rings (SSSR count). The topological polar surface area (TPSA) is 62.6 Å². The van der Waals surface area contributed by atoms with Gasteiger partial charge < -0.3 is 14.9 Å². The van der Waals surface area contributed by atoms with Crippen LogP contribution in [-0.2, 0) is 0 Å². The molecule has 0 radical (unpaired) electrons. The van der Waals surface area contributed by atoms with E-state index >= 15 is 0 Å². The highest BCUT2D eigenvalue weighted by Gasteiger charge is 2.16. The number of nitrogens with zero attached hydrogens (tertiary/aromatic N) is 1. The van der Waals surface area contributed by atoms with Crippen molar-refractivity contribution in [2.45, 2.75) is 12.2 Å². The summed E-state index contributed by atoms with van der Waals surface area (Å²) in [5, 5.41) is 18.9. The second-order valence-electron chi connectivity index (χ2n) is 2.83. The van der Waals surface area contributed by atoms with Gasteiger partial charge in [-0.25, -0.2) is 4.98 Å². The number of ether oxygens (including phenoxy) is 1. The first kappa shape index (κ1) is 11.3. The lowest BCUT2D eigenvalue weighted by Crippen LogP contribution is -2.19. The fourth-order valence-corrected chi connectivity index (χ4v) is 1.21. The third-order valence-corrected chi connectivity index (χ3v) is 2.24. The van der Waals surface area contributed by atoms with Gasteiger partial charge in [-0.1, -0.05) is 0 Å². The largest absolute Gasteiger partial charge is 0.481 e. The van der Waals surface area contributed by atoms with E-state index in [9.17, 15) is 10.2 Å². The number of pyridine rings is 1. The van der Waals surface area contributed by atoms with Crippen LogP contribution in [0.25, 0.3) is 0 Å². The molecule has 1 aromatic rings. The van der Waals surface area contributed by atoms with Crippen LogP contribution in [0.15, 0.2) is 18.3 Å². The first-order chi connectivity index (χ1) is 6.69. The molecule has 2 unspecified atom stereocenters. The molecule has 0 spiro atoms. The van der Waals surface area contributed by atoms with Crippen LogP contribution in [0.5, 0.6) is 5.88 Å². The number of methoxy groups -OCH3 is 1. The summed E-state index contributed by atoms with van der Waals surface area (Å²) in [6, 6.07) is 3.28. The molecule has 4 nitrogen and oxygen atoms in total. The van der Waals surface area contributed by atoms with E-state index in [4.69, 9.17) is 4.74 Å². The van der Waals surface area contributed by atoms with E-state index in [1.165, 1.54) is 13.3 Å². The molecule has 14 heavy (non-hydrogen) atoms. The smallest absolute Gasteiger partial charge is 0.212 e. The van der Waals surface area contributed by atoms with Crippen LogP contribution >= 0.6 is 12.6 Å². The molecule has 0 aliphatic carbocycles. The van der Waals surface area contributed by atoms with Crippen LogP contribution in [0, 0.1) is 0 Å². The van der Waals surface area contributed by atoms with E-state index in [1.807, 2.05) is 0 Å². The van der Waals surface area contributed by atoms with Crippen LogP contribution in [0.2, 0.25) is 0 Å². The number of thiol groups is 1. The Bertz CT molecular complexity index is 278. The highest BCUT2D eigenvalue weighted by Crippen LogP contribution is 2.18. The fraction of sp³-hybridized carbons (Fsp3) is 0.444. The predicted molar refractivity (Wildman–Crippen MR) is 55.6 cm³/mol. The van der Waals surface area contributed by atoms with Crippen molar-refractivity contribution in [2.75, 3.05) is 12.9 Å². The molecule has 0 bridgehead atoms. The quantitative estimate of drug-likeness (QED) is 0.637. The molecule has 0 saturated carbocycles. The Kier molecular flexibility index (Phi) is 4.19. The third kappa shape index (κ3) is 2.60. The number of hydrogen-bond acceptors (Lipinski definition) is 5. The van der Waals surface area contributed by atoms with Gasteiger partial charge >= 0.3 is 0 Å². The van der Waals surface area contributed by atoms with Crippen LogP contribution in [0.4, 0.5) is 0 Å². The number of aliphatic hydroxyl groups excluding tert-OH is 2. The van der Waals surface area contributed by atoms with Gasteiger partial charge in [0.05, 0.1) is 13.2 Å². The minimum atomic E-state index is -0.953. The lowest BCUT2D eigenvalue weighted by Gasteiger charge is -2.15. The maximum atomic E-state index is 9.57. The van der Waals surface area contributed by atoms with E-state index in [2.05, 4.69) is 17.6 Å². The lowest BCUT2D eigenvalue weighted by molar-refractivity contribution is 0.0335. The molecule has 2 atom stereocenters.